The normalized spacial score (nSPS) is 11.5. The Morgan fingerprint density at radius 1 is 1.30 bits per heavy atom. The number of fused-ring (bicyclic) bond motifs is 1. The Balaban J connectivity index is 1.90. The quantitative estimate of drug-likeness (QED) is 0.597. The third-order valence-corrected chi connectivity index (χ3v) is 5.39. The molecule has 0 aliphatic carbocycles. The Morgan fingerprint density at radius 3 is 2.81 bits per heavy atom. The molecule has 2 heterocycles. The highest BCUT2D eigenvalue weighted by Crippen LogP contribution is 2.24. The lowest BCUT2D eigenvalue weighted by Crippen LogP contribution is -2.20. The molecule has 2 aromatic heterocycles. The second kappa shape index (κ2) is 7.31. The van der Waals surface area contributed by atoms with Crippen molar-refractivity contribution in [1.82, 2.24) is 15.0 Å². The molecule has 142 valence electrons. The van der Waals surface area contributed by atoms with Crippen LogP contribution in [0.1, 0.15) is 29.3 Å². The van der Waals surface area contributed by atoms with Gasteiger partial charge in [0.15, 0.2) is 5.65 Å². The number of carbonyl (C=O) groups excluding carboxylic acids is 1. The van der Waals surface area contributed by atoms with E-state index in [0.717, 1.165) is 6.07 Å². The van der Waals surface area contributed by atoms with E-state index in [9.17, 15) is 17.6 Å². The molecule has 3 aromatic rings. The van der Waals surface area contributed by atoms with Crippen LogP contribution in [0.2, 0.25) is 0 Å². The summed E-state index contributed by atoms with van der Waals surface area (Å²) in [6.07, 6.45) is 3.31. The largest absolute Gasteiger partial charge is 0.343 e. The highest BCUT2D eigenvalue weighted by molar-refractivity contribution is 7.92. The number of nitrogens with one attached hydrogen (secondary N) is 3. The van der Waals surface area contributed by atoms with Crippen LogP contribution < -0.4 is 10.0 Å². The van der Waals surface area contributed by atoms with Crippen molar-refractivity contribution in [1.29, 1.82) is 0 Å². The van der Waals surface area contributed by atoms with Gasteiger partial charge in [-0.25, -0.2) is 22.8 Å². The Labute approximate surface area is 155 Å². The highest BCUT2D eigenvalue weighted by atomic mass is 32.2. The third kappa shape index (κ3) is 4.05. The molecule has 0 atom stereocenters. The van der Waals surface area contributed by atoms with E-state index >= 15 is 0 Å². The Kier molecular flexibility index (Phi) is 5.08. The SMILES string of the molecule is CCCS(=O)(=O)Nc1ccc(F)c(C(=O)Nc2cnc3nc[nH]c3c2)c1C. The van der Waals surface area contributed by atoms with Crippen molar-refractivity contribution in [3.63, 3.8) is 0 Å². The molecule has 0 fully saturated rings. The van der Waals surface area contributed by atoms with Gasteiger partial charge in [-0.3, -0.25) is 9.52 Å². The second-order valence-electron chi connectivity index (χ2n) is 5.97. The van der Waals surface area contributed by atoms with Crippen LogP contribution in [0.25, 0.3) is 11.2 Å². The summed E-state index contributed by atoms with van der Waals surface area (Å²) in [4.78, 5) is 23.5. The van der Waals surface area contributed by atoms with Crippen LogP contribution in [0.3, 0.4) is 0 Å². The number of carbonyl (C=O) groups is 1. The van der Waals surface area contributed by atoms with Crippen molar-refractivity contribution in [3.05, 3.63) is 47.7 Å². The van der Waals surface area contributed by atoms with Crippen LogP contribution in [0, 0.1) is 12.7 Å². The zero-order valence-electron chi connectivity index (χ0n) is 14.7. The number of hydrogen-bond acceptors (Lipinski definition) is 5. The molecule has 0 saturated heterocycles. The van der Waals surface area contributed by atoms with Crippen molar-refractivity contribution in [2.24, 2.45) is 0 Å². The third-order valence-electron chi connectivity index (χ3n) is 3.91. The van der Waals surface area contributed by atoms with Crippen LogP contribution in [-0.2, 0) is 10.0 Å². The number of benzene rings is 1. The number of rotatable bonds is 6. The number of anilines is 2. The van der Waals surface area contributed by atoms with Crippen LogP contribution in [0.5, 0.6) is 0 Å². The van der Waals surface area contributed by atoms with E-state index in [1.807, 2.05) is 0 Å². The first-order valence-electron chi connectivity index (χ1n) is 8.21. The van der Waals surface area contributed by atoms with Gasteiger partial charge >= 0.3 is 0 Å². The maximum Gasteiger partial charge on any atom is 0.259 e. The molecule has 8 nitrogen and oxygen atoms in total. The molecule has 0 aliphatic rings. The highest BCUT2D eigenvalue weighted by Gasteiger charge is 2.20. The summed E-state index contributed by atoms with van der Waals surface area (Å²) in [5, 5.41) is 2.57. The number of aromatic amines is 1. The predicted molar refractivity (Wildman–Crippen MR) is 101 cm³/mol. The second-order valence-corrected chi connectivity index (χ2v) is 7.81. The van der Waals surface area contributed by atoms with Gasteiger partial charge in [-0.1, -0.05) is 6.92 Å². The van der Waals surface area contributed by atoms with E-state index in [2.05, 4.69) is 25.0 Å². The summed E-state index contributed by atoms with van der Waals surface area (Å²) in [5.41, 5.74) is 1.58. The lowest BCUT2D eigenvalue weighted by atomic mass is 10.1. The fraction of sp³-hybridized carbons (Fsp3) is 0.235. The van der Waals surface area contributed by atoms with Gasteiger partial charge in [0.05, 0.1) is 40.7 Å². The predicted octanol–water partition coefficient (Wildman–Crippen LogP) is 2.81. The number of aromatic nitrogens is 3. The number of sulfonamides is 1. The maximum absolute atomic E-state index is 14.3. The summed E-state index contributed by atoms with van der Waals surface area (Å²) >= 11 is 0. The van der Waals surface area contributed by atoms with Gasteiger partial charge < -0.3 is 10.3 Å². The smallest absolute Gasteiger partial charge is 0.259 e. The molecule has 0 radical (unpaired) electrons. The molecule has 27 heavy (non-hydrogen) atoms. The molecule has 0 unspecified atom stereocenters. The fourth-order valence-electron chi connectivity index (χ4n) is 2.65. The van der Waals surface area contributed by atoms with Gasteiger partial charge in [-0.2, -0.15) is 0 Å². The van der Waals surface area contributed by atoms with Gasteiger partial charge in [0.2, 0.25) is 10.0 Å². The van der Waals surface area contributed by atoms with E-state index < -0.39 is 21.7 Å². The Bertz CT molecular complexity index is 1110. The molecule has 3 rings (SSSR count). The van der Waals surface area contributed by atoms with Gasteiger partial charge in [0, 0.05) is 0 Å². The number of amides is 1. The van der Waals surface area contributed by atoms with Gasteiger partial charge in [-0.15, -0.1) is 0 Å². The van der Waals surface area contributed by atoms with Crippen LogP contribution >= 0.6 is 0 Å². The lowest BCUT2D eigenvalue weighted by Gasteiger charge is -2.14. The molecule has 10 heteroatoms. The first-order valence-corrected chi connectivity index (χ1v) is 9.86. The first kappa shape index (κ1) is 18.8. The topological polar surface area (TPSA) is 117 Å². The minimum atomic E-state index is -3.56. The summed E-state index contributed by atoms with van der Waals surface area (Å²) in [7, 11) is -3.56. The molecule has 0 saturated carbocycles. The fourth-order valence-corrected chi connectivity index (χ4v) is 3.84. The number of imidazole rings is 1. The summed E-state index contributed by atoms with van der Waals surface area (Å²) in [6, 6.07) is 3.98. The van der Waals surface area contributed by atoms with Gasteiger partial charge in [0.25, 0.3) is 5.91 Å². The van der Waals surface area contributed by atoms with Gasteiger partial charge in [0.1, 0.15) is 5.82 Å². The van der Waals surface area contributed by atoms with Crippen molar-refractivity contribution in [2.75, 3.05) is 15.8 Å². The minimum absolute atomic E-state index is 0.0682. The van der Waals surface area contributed by atoms with E-state index in [4.69, 9.17) is 0 Å². The molecule has 3 N–H and O–H groups in total. The number of halogens is 1. The van der Waals surface area contributed by atoms with Crippen LogP contribution in [0.4, 0.5) is 15.8 Å². The average molecular weight is 391 g/mol. The molecular formula is C17H18FN5O3S. The van der Waals surface area contributed by atoms with Crippen molar-refractivity contribution in [3.8, 4) is 0 Å². The molecule has 0 bridgehead atoms. The number of hydrogen-bond donors (Lipinski definition) is 3. The molecular weight excluding hydrogens is 373 g/mol. The molecule has 0 aliphatic heterocycles. The summed E-state index contributed by atoms with van der Waals surface area (Å²) in [6.45, 7) is 3.22. The van der Waals surface area contributed by atoms with Crippen molar-refractivity contribution < 1.29 is 17.6 Å². The Hall–Kier alpha value is -3.01. The number of pyridine rings is 1. The Morgan fingerprint density at radius 2 is 2.07 bits per heavy atom. The zero-order chi connectivity index (χ0) is 19.6. The van der Waals surface area contributed by atoms with Crippen molar-refractivity contribution in [2.45, 2.75) is 20.3 Å². The standard InChI is InChI=1S/C17H18FN5O3S/c1-3-6-27(25,26)23-13-5-4-12(18)15(10(13)2)17(24)22-11-7-14-16(19-8-11)21-9-20-14/h4-5,7-9,23H,3,6H2,1-2H3,(H,22,24)(H,19,20,21). The number of H-pyrrole nitrogens is 1. The van der Waals surface area contributed by atoms with Crippen LogP contribution in [-0.4, -0.2) is 35.0 Å². The molecule has 1 amide bonds. The minimum Gasteiger partial charge on any atom is -0.343 e. The summed E-state index contributed by atoms with van der Waals surface area (Å²) < 4.78 is 40.7. The monoisotopic (exact) mass is 391 g/mol. The maximum atomic E-state index is 14.3. The van der Waals surface area contributed by atoms with E-state index in [0.29, 0.717) is 23.3 Å². The first-order chi connectivity index (χ1) is 12.8. The number of nitrogens with zero attached hydrogens (tertiary/aromatic N) is 2. The van der Waals surface area contributed by atoms with Crippen LogP contribution in [0.15, 0.2) is 30.7 Å². The van der Waals surface area contributed by atoms with Gasteiger partial charge in [-0.05, 0) is 37.1 Å². The molecule has 1 aromatic carbocycles. The average Bonchev–Trinajstić information content (AvgIpc) is 3.05. The van der Waals surface area contributed by atoms with E-state index in [1.165, 1.54) is 25.5 Å². The van der Waals surface area contributed by atoms with E-state index in [-0.39, 0.29) is 22.6 Å². The molecule has 0 spiro atoms. The lowest BCUT2D eigenvalue weighted by molar-refractivity contribution is 0.102. The zero-order valence-corrected chi connectivity index (χ0v) is 15.5. The summed E-state index contributed by atoms with van der Waals surface area (Å²) in [5.74, 6) is -1.53. The van der Waals surface area contributed by atoms with Crippen molar-refractivity contribution >= 4 is 38.5 Å². The van der Waals surface area contributed by atoms with E-state index in [1.54, 1.807) is 13.0 Å².